The average Bonchev–Trinajstić information content (AvgIpc) is 3.27. The molecule has 6 unspecified atom stereocenters. The van der Waals surface area contributed by atoms with E-state index in [1.807, 2.05) is 0 Å². The van der Waals surface area contributed by atoms with Gasteiger partial charge in [0.15, 0.2) is 30.9 Å². The fourth-order valence-electron chi connectivity index (χ4n) is 8.81. The van der Waals surface area contributed by atoms with Crippen molar-refractivity contribution in [2.75, 3.05) is 13.1 Å². The highest BCUT2D eigenvalue weighted by Crippen LogP contribution is 2.36. The van der Waals surface area contributed by atoms with Gasteiger partial charge in [0, 0.05) is 40.3 Å². The molecule has 6 amide bonds. The molecule has 0 bridgehead atoms. The zero-order valence-electron chi connectivity index (χ0n) is 51.1. The fraction of sp³-hybridized carbons (Fsp3) is 0.833. The summed E-state index contributed by atoms with van der Waals surface area (Å²) in [6, 6.07) is -5.35. The van der Waals surface area contributed by atoms with Crippen LogP contribution in [0.2, 0.25) is 0 Å². The number of carbonyl (C=O) groups is 9. The molecule has 3 rings (SSSR count). The summed E-state index contributed by atoms with van der Waals surface area (Å²) in [6.07, 6.45) is -20.1. The maximum atomic E-state index is 14.6. The second-order valence-electron chi connectivity index (χ2n) is 25.2. The first-order valence-electron chi connectivity index (χ1n) is 27.6. The van der Waals surface area contributed by atoms with Crippen LogP contribution >= 0.6 is 0 Å². The number of hydrogen-bond acceptors (Lipinski definition) is 22. The van der Waals surface area contributed by atoms with E-state index in [1.165, 1.54) is 0 Å². The monoisotopic (exact) mass is 1180 g/mol. The maximum absolute atomic E-state index is 14.6. The van der Waals surface area contributed by atoms with E-state index in [9.17, 15) is 48.3 Å². The van der Waals surface area contributed by atoms with Gasteiger partial charge in [-0.05, 0) is 130 Å². The van der Waals surface area contributed by atoms with E-state index >= 15 is 0 Å². The van der Waals surface area contributed by atoms with E-state index < -0.39 is 174 Å². The summed E-state index contributed by atoms with van der Waals surface area (Å²) in [4.78, 5) is 119. The van der Waals surface area contributed by atoms with E-state index in [4.69, 9.17) is 56.8 Å². The van der Waals surface area contributed by atoms with Crippen molar-refractivity contribution in [1.29, 1.82) is 0 Å². The van der Waals surface area contributed by atoms with Gasteiger partial charge in [-0.3, -0.25) is 19.2 Å². The van der Waals surface area contributed by atoms with Gasteiger partial charge in [-0.1, -0.05) is 6.92 Å². The van der Waals surface area contributed by atoms with Crippen LogP contribution in [0.1, 0.15) is 164 Å². The Kier molecular flexibility index (Phi) is 25.3. The Bertz CT molecular complexity index is 2200. The molecule has 28 nitrogen and oxygen atoms in total. The molecule has 3 fully saturated rings. The van der Waals surface area contributed by atoms with Crippen LogP contribution in [0, 0.1) is 0 Å². The number of rotatable bonds is 18. The Morgan fingerprint density at radius 3 is 1.43 bits per heavy atom. The highest BCUT2D eigenvalue weighted by molar-refractivity contribution is 5.84. The molecule has 0 radical (unpaired) electrons. The van der Waals surface area contributed by atoms with Gasteiger partial charge in [0.05, 0.1) is 30.3 Å². The molecule has 28 heteroatoms. The van der Waals surface area contributed by atoms with E-state index in [2.05, 4.69) is 31.9 Å². The van der Waals surface area contributed by atoms with Crippen LogP contribution in [0.3, 0.4) is 0 Å². The van der Waals surface area contributed by atoms with Gasteiger partial charge < -0.3 is 93.8 Å². The molecule has 1 saturated carbocycles. The van der Waals surface area contributed by atoms with E-state index in [-0.39, 0.29) is 38.8 Å². The summed E-state index contributed by atoms with van der Waals surface area (Å²) in [5.41, 5.74) is -4.79. The predicted octanol–water partition coefficient (Wildman–Crippen LogP) is 4.56. The summed E-state index contributed by atoms with van der Waals surface area (Å²) in [6.45, 7) is 29.1. The molecule has 3 aliphatic rings. The Morgan fingerprint density at radius 2 is 0.951 bits per heavy atom. The minimum absolute atomic E-state index is 0.0779. The van der Waals surface area contributed by atoms with Crippen molar-refractivity contribution in [3.05, 3.63) is 0 Å². The fourth-order valence-corrected chi connectivity index (χ4v) is 8.81. The topological polar surface area (TPSA) is 357 Å². The Hall–Kier alpha value is -5.97. The minimum atomic E-state index is -2.03. The lowest BCUT2D eigenvalue weighted by Gasteiger charge is -2.50. The molecule has 1 aliphatic carbocycles. The molecule has 470 valence electrons. The van der Waals surface area contributed by atoms with Gasteiger partial charge in [0.1, 0.15) is 52.4 Å². The van der Waals surface area contributed by atoms with Gasteiger partial charge in [0.25, 0.3) is 5.91 Å². The van der Waals surface area contributed by atoms with Crippen molar-refractivity contribution in [2.45, 2.75) is 277 Å². The van der Waals surface area contributed by atoms with E-state index in [0.29, 0.717) is 0 Å². The first-order chi connectivity index (χ1) is 37.5. The molecule has 0 aromatic carbocycles. The number of ether oxygens (including phenoxy) is 12. The smallest absolute Gasteiger partial charge is 0.408 e. The molecule has 2 aliphatic heterocycles. The Morgan fingerprint density at radius 1 is 0.512 bits per heavy atom. The lowest BCUT2D eigenvalue weighted by atomic mass is 9.83. The van der Waals surface area contributed by atoms with Crippen LogP contribution < -0.4 is 31.9 Å². The molecule has 0 aromatic rings. The van der Waals surface area contributed by atoms with Crippen LogP contribution in [-0.2, 0) is 76.0 Å². The van der Waals surface area contributed by atoms with Crippen LogP contribution in [0.5, 0.6) is 0 Å². The molecule has 7 N–H and O–H groups in total. The Labute approximate surface area is 480 Å². The zero-order chi connectivity index (χ0) is 62.5. The van der Waals surface area contributed by atoms with Crippen molar-refractivity contribution in [3.8, 4) is 0 Å². The normalized spacial score (nSPS) is 27.3. The molecule has 0 aromatic heterocycles. The molecule has 2 heterocycles. The van der Waals surface area contributed by atoms with Crippen LogP contribution in [0.25, 0.3) is 0 Å². The van der Waals surface area contributed by atoms with Crippen LogP contribution in [0.15, 0.2) is 0 Å². The summed E-state index contributed by atoms with van der Waals surface area (Å²) >= 11 is 0. The molecule has 0 spiro atoms. The molecular weight excluding hydrogens is 1080 g/mol. The standard InChI is InChI=1S/C54H92N6O22/c1-20-34-40(72-28(3)62)36(60-49(70)82-54(17,18)19)41(73-29(4)63)44(75-34)77-38-32(57-42(65)35(71-27(2)61)23-24-55-45(66)78-50(5,6)7)25-33(59-48(69)81-53(14,15)16)39(37(38)64)76-43-31(58-47(68)80-52(11,12)13)22-21-30(74-43)26-56-46(67)79-51(8,9)10/h30-41,43-44,64H,20-26H2,1-19H3,(H,55,66)(H,56,67)(H,57,65)(H,58,68)(H,59,69)(H,60,70)/t30?,31?,32-,33+,34?,35+,36+,37?,38-,39?,40+,41?,43+,44+/m1/s1. The second-order valence-corrected chi connectivity index (χ2v) is 25.2. The van der Waals surface area contributed by atoms with E-state index in [0.717, 1.165) is 20.8 Å². The number of alkyl carbamates (subject to hydrolysis) is 5. The van der Waals surface area contributed by atoms with Crippen molar-refractivity contribution in [3.63, 3.8) is 0 Å². The lowest BCUT2D eigenvalue weighted by Crippen LogP contribution is -2.71. The molecular formula is C54H92N6O22. The summed E-state index contributed by atoms with van der Waals surface area (Å²) < 4.78 is 70.8. The van der Waals surface area contributed by atoms with Crippen molar-refractivity contribution in [1.82, 2.24) is 31.9 Å². The number of carbonyl (C=O) groups excluding carboxylic acids is 9. The second kappa shape index (κ2) is 29.5. The summed E-state index contributed by atoms with van der Waals surface area (Å²) in [5, 5.41) is 29.1. The number of nitrogens with one attached hydrogen (secondary N) is 6. The minimum Gasteiger partial charge on any atom is -0.457 e. The first-order valence-corrected chi connectivity index (χ1v) is 27.6. The first kappa shape index (κ1) is 70.3. The van der Waals surface area contributed by atoms with E-state index in [1.54, 1.807) is 111 Å². The van der Waals surface area contributed by atoms with Gasteiger partial charge in [-0.2, -0.15) is 0 Å². The Balaban J connectivity index is 2.31. The average molecular weight is 1180 g/mol. The third-order valence-corrected chi connectivity index (χ3v) is 11.6. The number of aliphatic hydroxyl groups is 1. The van der Waals surface area contributed by atoms with Crippen molar-refractivity contribution >= 4 is 54.3 Å². The molecule has 14 atom stereocenters. The van der Waals surface area contributed by atoms with Crippen molar-refractivity contribution < 1.29 is 105 Å². The van der Waals surface area contributed by atoms with Gasteiger partial charge in [-0.15, -0.1) is 0 Å². The SMILES string of the molecule is CCC1O[C@@H](O[C@H]2C(O)C(O[C@@H]3OC(CNC(=O)OC(C)(C)C)CCC3NC(=O)OC(C)(C)C)[C@@H](NC(=O)OC(C)(C)C)C[C@H]2NC(=O)[C@H](CCNC(=O)OC(C)(C)C)OC(C)=O)C(OC(C)=O)[C@@H](NC(=O)OC(C)(C)C)[C@H]1OC(C)=O. The predicted molar refractivity (Wildman–Crippen MR) is 288 cm³/mol. The zero-order valence-corrected chi connectivity index (χ0v) is 51.1. The third-order valence-electron chi connectivity index (χ3n) is 11.6. The summed E-state index contributed by atoms with van der Waals surface area (Å²) in [7, 11) is 0. The van der Waals surface area contributed by atoms with Crippen LogP contribution in [0.4, 0.5) is 24.0 Å². The van der Waals surface area contributed by atoms with Crippen molar-refractivity contribution in [2.24, 2.45) is 0 Å². The third kappa shape index (κ3) is 25.3. The van der Waals surface area contributed by atoms with Crippen LogP contribution in [-0.4, -0.2) is 186 Å². The number of esters is 3. The summed E-state index contributed by atoms with van der Waals surface area (Å²) in [5.74, 6) is -3.59. The lowest BCUT2D eigenvalue weighted by molar-refractivity contribution is -0.316. The van der Waals surface area contributed by atoms with Gasteiger partial charge >= 0.3 is 48.4 Å². The number of hydrogen-bond donors (Lipinski definition) is 7. The maximum Gasteiger partial charge on any atom is 0.408 e. The largest absolute Gasteiger partial charge is 0.457 e. The molecule has 2 saturated heterocycles. The quantitative estimate of drug-likeness (QED) is 0.0730. The highest BCUT2D eigenvalue weighted by atomic mass is 16.7. The highest BCUT2D eigenvalue weighted by Gasteiger charge is 2.56. The molecule has 82 heavy (non-hydrogen) atoms. The number of amides is 6. The van der Waals surface area contributed by atoms with Gasteiger partial charge in [0.2, 0.25) is 0 Å². The number of aliphatic hydroxyl groups excluding tert-OH is 1. The van der Waals surface area contributed by atoms with Gasteiger partial charge in [-0.25, -0.2) is 24.0 Å².